The molecule has 5 rings (SSSR count). The largest absolute Gasteiger partial charge is 0.339 e. The Bertz CT molecular complexity index is 1410. The highest BCUT2D eigenvalue weighted by molar-refractivity contribution is 5.94. The molecule has 1 aromatic carbocycles. The summed E-state index contributed by atoms with van der Waals surface area (Å²) in [6, 6.07) is 5.34. The third kappa shape index (κ3) is 3.18. The van der Waals surface area contributed by atoms with E-state index in [1.54, 1.807) is 61.1 Å². The van der Waals surface area contributed by atoms with Crippen molar-refractivity contribution in [3.63, 3.8) is 0 Å². The van der Waals surface area contributed by atoms with Crippen molar-refractivity contribution < 1.29 is 8.78 Å². The highest BCUT2D eigenvalue weighted by atomic mass is 19.3. The maximum atomic E-state index is 14.1. The first-order valence-corrected chi connectivity index (χ1v) is 10.5. The van der Waals surface area contributed by atoms with E-state index in [1.165, 1.54) is 0 Å². The predicted molar refractivity (Wildman–Crippen MR) is 121 cm³/mol. The minimum Gasteiger partial charge on any atom is -0.339 e. The molecule has 0 spiro atoms. The number of aromatic nitrogens is 4. The molecule has 32 heavy (non-hydrogen) atoms. The van der Waals surface area contributed by atoms with E-state index in [0.29, 0.717) is 28.8 Å². The molecule has 3 aromatic heterocycles. The highest BCUT2D eigenvalue weighted by Crippen LogP contribution is 2.42. The lowest BCUT2D eigenvalue weighted by atomic mass is 9.92. The van der Waals surface area contributed by atoms with Crippen LogP contribution in [-0.4, -0.2) is 25.9 Å². The second kappa shape index (κ2) is 7.55. The molecule has 0 unspecified atom stereocenters. The zero-order valence-corrected chi connectivity index (χ0v) is 18.1. The van der Waals surface area contributed by atoms with Crippen molar-refractivity contribution >= 4 is 22.3 Å². The van der Waals surface area contributed by atoms with Crippen molar-refractivity contribution in [2.45, 2.75) is 26.2 Å². The van der Waals surface area contributed by atoms with Crippen molar-refractivity contribution in [1.82, 2.24) is 19.3 Å². The fraction of sp³-hybridized carbons (Fsp3) is 0.292. The van der Waals surface area contributed by atoms with Crippen LogP contribution < -0.4 is 10.5 Å². The van der Waals surface area contributed by atoms with E-state index in [1.807, 2.05) is 12.1 Å². The first-order chi connectivity index (χ1) is 15.3. The number of rotatable bonds is 3. The molecule has 0 amide bonds. The average molecular weight is 435 g/mol. The maximum Gasteiger partial charge on any atom is 0.264 e. The number of hydrogen-bond acceptors (Lipinski definition) is 4. The summed E-state index contributed by atoms with van der Waals surface area (Å²) in [4.78, 5) is 18.8. The van der Waals surface area contributed by atoms with Gasteiger partial charge in [-0.1, -0.05) is 0 Å². The molecule has 1 aliphatic rings. The number of fused-ring (bicyclic) bond motifs is 2. The Morgan fingerprint density at radius 2 is 1.88 bits per heavy atom. The fourth-order valence-electron chi connectivity index (χ4n) is 4.62. The lowest BCUT2D eigenvalue weighted by molar-refractivity contribution is 0.152. The second-order valence-electron chi connectivity index (χ2n) is 8.31. The average Bonchev–Trinajstić information content (AvgIpc) is 3.22. The Morgan fingerprint density at radius 1 is 1.06 bits per heavy atom. The normalized spacial score (nSPS) is 13.8. The first-order valence-electron chi connectivity index (χ1n) is 10.5. The van der Waals surface area contributed by atoms with E-state index >= 15 is 0 Å². The van der Waals surface area contributed by atoms with E-state index in [-0.39, 0.29) is 11.1 Å². The number of benzene rings is 1. The standard InChI is InChI=1S/C24H23F2N5O/c1-14-7-19-21(30(3)24(14)32)11-27-12-22(19)31-6-4-5-15-8-17(16-10-28-29(2)13-16)18(23(25)26)9-20(15)31/h7-13,23H,4-6H2,1-3H3. The van der Waals surface area contributed by atoms with Crippen LogP contribution in [0.25, 0.3) is 22.0 Å². The van der Waals surface area contributed by atoms with E-state index in [0.717, 1.165) is 35.2 Å². The molecule has 0 bridgehead atoms. The lowest BCUT2D eigenvalue weighted by Crippen LogP contribution is -2.26. The summed E-state index contributed by atoms with van der Waals surface area (Å²) in [7, 11) is 3.50. The van der Waals surface area contributed by atoms with Crippen LogP contribution in [0, 0.1) is 6.92 Å². The zero-order chi connectivity index (χ0) is 22.6. The molecule has 0 fully saturated rings. The number of nitrogens with zero attached hydrogens (tertiary/aromatic N) is 5. The number of hydrogen-bond donors (Lipinski definition) is 0. The molecular formula is C24H23F2N5O. The molecular weight excluding hydrogens is 412 g/mol. The van der Waals surface area contributed by atoms with Gasteiger partial charge in [-0.05, 0) is 49.1 Å². The number of anilines is 2. The molecule has 0 saturated carbocycles. The summed E-state index contributed by atoms with van der Waals surface area (Å²) in [6.07, 6.45) is 5.86. The van der Waals surface area contributed by atoms with Gasteiger partial charge in [0, 0.05) is 54.6 Å². The van der Waals surface area contributed by atoms with Crippen molar-refractivity contribution in [2.75, 3.05) is 11.4 Å². The minimum atomic E-state index is -2.62. The van der Waals surface area contributed by atoms with Crippen LogP contribution in [0.4, 0.5) is 20.2 Å². The Balaban J connectivity index is 1.72. The minimum absolute atomic E-state index is 0.0135. The molecule has 4 aromatic rings. The van der Waals surface area contributed by atoms with Crippen molar-refractivity contribution in [3.05, 3.63) is 70.0 Å². The van der Waals surface area contributed by atoms with Crippen molar-refractivity contribution in [3.8, 4) is 11.1 Å². The van der Waals surface area contributed by atoms with E-state index in [4.69, 9.17) is 0 Å². The van der Waals surface area contributed by atoms with Crippen LogP contribution in [0.3, 0.4) is 0 Å². The smallest absolute Gasteiger partial charge is 0.264 e. The van der Waals surface area contributed by atoms with Gasteiger partial charge in [0.15, 0.2) is 0 Å². The van der Waals surface area contributed by atoms with Gasteiger partial charge in [0.2, 0.25) is 0 Å². The Hall–Kier alpha value is -3.55. The maximum absolute atomic E-state index is 14.1. The van der Waals surface area contributed by atoms with Crippen molar-refractivity contribution in [1.29, 1.82) is 0 Å². The molecule has 0 N–H and O–H groups in total. The van der Waals surface area contributed by atoms with Gasteiger partial charge in [-0.2, -0.15) is 5.10 Å². The molecule has 8 heteroatoms. The summed E-state index contributed by atoms with van der Waals surface area (Å²) in [6.45, 7) is 2.47. The summed E-state index contributed by atoms with van der Waals surface area (Å²) < 4.78 is 31.5. The lowest BCUT2D eigenvalue weighted by Gasteiger charge is -2.33. The Kier molecular flexibility index (Phi) is 4.80. The topological polar surface area (TPSA) is 56.0 Å². The SMILES string of the molecule is Cc1cc2c(N3CCCc4cc(-c5cnn(C)c5)c(C(F)F)cc43)cncc2n(C)c1=O. The third-order valence-electron chi connectivity index (χ3n) is 6.22. The van der Waals surface area contributed by atoms with Crippen LogP contribution in [0.15, 0.2) is 47.8 Å². The number of alkyl halides is 2. The van der Waals surface area contributed by atoms with E-state index in [9.17, 15) is 13.6 Å². The van der Waals surface area contributed by atoms with E-state index in [2.05, 4.69) is 15.0 Å². The van der Waals surface area contributed by atoms with Gasteiger partial charge in [-0.15, -0.1) is 0 Å². The van der Waals surface area contributed by atoms with Gasteiger partial charge in [0.1, 0.15) is 0 Å². The number of pyridine rings is 2. The monoisotopic (exact) mass is 435 g/mol. The molecule has 1 aliphatic heterocycles. The first kappa shape index (κ1) is 20.4. The summed E-state index contributed by atoms with van der Waals surface area (Å²) >= 11 is 0. The van der Waals surface area contributed by atoms with Gasteiger partial charge in [0.05, 0.1) is 29.8 Å². The molecule has 0 atom stereocenters. The molecule has 164 valence electrons. The molecule has 0 radical (unpaired) electrons. The quantitative estimate of drug-likeness (QED) is 0.470. The molecule has 6 nitrogen and oxygen atoms in total. The second-order valence-corrected chi connectivity index (χ2v) is 8.31. The molecule has 0 aliphatic carbocycles. The van der Waals surface area contributed by atoms with Gasteiger partial charge in [-0.3, -0.25) is 14.5 Å². The van der Waals surface area contributed by atoms with E-state index < -0.39 is 6.43 Å². The van der Waals surface area contributed by atoms with Gasteiger partial charge in [-0.25, -0.2) is 8.78 Å². The highest BCUT2D eigenvalue weighted by Gasteiger charge is 2.26. The van der Waals surface area contributed by atoms with Crippen molar-refractivity contribution in [2.24, 2.45) is 14.1 Å². The summed E-state index contributed by atoms with van der Waals surface area (Å²) in [5, 5.41) is 5.03. The van der Waals surface area contributed by atoms with Crippen LogP contribution in [0.5, 0.6) is 0 Å². The number of halogens is 2. The Morgan fingerprint density at radius 3 is 2.59 bits per heavy atom. The van der Waals surface area contributed by atoms with Crippen LogP contribution in [0.2, 0.25) is 0 Å². The molecule has 4 heterocycles. The summed E-state index contributed by atoms with van der Waals surface area (Å²) in [5.41, 5.74) is 5.05. The van der Waals surface area contributed by atoms with Crippen LogP contribution >= 0.6 is 0 Å². The zero-order valence-electron chi connectivity index (χ0n) is 18.1. The number of aryl methyl sites for hydroxylation is 4. The van der Waals surface area contributed by atoms with Gasteiger partial charge in [0.25, 0.3) is 12.0 Å². The summed E-state index contributed by atoms with van der Waals surface area (Å²) in [5.74, 6) is 0. The van der Waals surface area contributed by atoms with Crippen LogP contribution in [-0.2, 0) is 20.5 Å². The molecule has 0 saturated heterocycles. The van der Waals surface area contributed by atoms with Gasteiger partial charge >= 0.3 is 0 Å². The predicted octanol–water partition coefficient (Wildman–Crippen LogP) is 4.66. The fourth-order valence-corrected chi connectivity index (χ4v) is 4.62. The van der Waals surface area contributed by atoms with Gasteiger partial charge < -0.3 is 9.47 Å². The van der Waals surface area contributed by atoms with Crippen LogP contribution in [0.1, 0.15) is 29.5 Å². The third-order valence-corrected chi connectivity index (χ3v) is 6.22. The Labute approximate surface area is 183 Å².